The van der Waals surface area contributed by atoms with Gasteiger partial charge in [-0.15, -0.1) is 0 Å². The number of rotatable bonds is 7. The molecule has 4 heteroatoms. The van der Waals surface area contributed by atoms with Crippen molar-refractivity contribution in [2.24, 2.45) is 5.92 Å². The van der Waals surface area contributed by atoms with Crippen LogP contribution in [0.4, 0.5) is 5.69 Å². The molecular formula is C15H24N2O2. The normalized spacial score (nSPS) is 12.5. The van der Waals surface area contributed by atoms with Crippen LogP contribution in [0.2, 0.25) is 0 Å². The van der Waals surface area contributed by atoms with Gasteiger partial charge >= 0.3 is 0 Å². The zero-order valence-corrected chi connectivity index (χ0v) is 11.9. The lowest BCUT2D eigenvalue weighted by Crippen LogP contribution is -2.39. The average molecular weight is 264 g/mol. The van der Waals surface area contributed by atoms with E-state index in [2.05, 4.69) is 24.5 Å². The molecule has 1 aromatic carbocycles. The van der Waals surface area contributed by atoms with Crippen LogP contribution < -0.4 is 10.6 Å². The summed E-state index contributed by atoms with van der Waals surface area (Å²) in [6, 6.07) is 7.87. The molecule has 0 bridgehead atoms. The standard InChI is InChI=1S/C15H24N2O2/c1-11(2)14(8-9-18)16-10-15(19)17-13-6-4-12(3)5-7-13/h4-7,11,14,16,18H,8-10H2,1-3H3,(H,17,19). The first-order valence-corrected chi connectivity index (χ1v) is 6.73. The number of carbonyl (C=O) groups excluding carboxylic acids is 1. The van der Waals surface area contributed by atoms with E-state index in [1.54, 1.807) is 0 Å². The van der Waals surface area contributed by atoms with Crippen LogP contribution in [0, 0.1) is 12.8 Å². The molecule has 4 nitrogen and oxygen atoms in total. The van der Waals surface area contributed by atoms with Crippen LogP contribution in [-0.2, 0) is 4.79 Å². The van der Waals surface area contributed by atoms with Crippen LogP contribution in [0.15, 0.2) is 24.3 Å². The Kier molecular flexibility index (Phi) is 6.53. The minimum atomic E-state index is -0.0626. The molecule has 0 saturated heterocycles. The number of hydrogen-bond donors (Lipinski definition) is 3. The SMILES string of the molecule is Cc1ccc(NC(=O)CNC(CCO)C(C)C)cc1. The van der Waals surface area contributed by atoms with Gasteiger partial charge in [0, 0.05) is 18.3 Å². The third kappa shape index (κ3) is 5.85. The first-order chi connectivity index (χ1) is 9.02. The predicted octanol–water partition coefficient (Wildman–Crippen LogP) is 1.93. The van der Waals surface area contributed by atoms with Crippen molar-refractivity contribution in [2.75, 3.05) is 18.5 Å². The van der Waals surface area contributed by atoms with Gasteiger partial charge in [0.15, 0.2) is 0 Å². The van der Waals surface area contributed by atoms with Crippen molar-refractivity contribution in [1.29, 1.82) is 0 Å². The van der Waals surface area contributed by atoms with Crippen LogP contribution in [0.5, 0.6) is 0 Å². The van der Waals surface area contributed by atoms with Gasteiger partial charge in [-0.2, -0.15) is 0 Å². The molecule has 0 fully saturated rings. The highest BCUT2D eigenvalue weighted by Crippen LogP contribution is 2.08. The Hall–Kier alpha value is -1.39. The molecule has 1 unspecified atom stereocenters. The molecule has 0 aliphatic rings. The molecule has 1 atom stereocenters. The highest BCUT2D eigenvalue weighted by atomic mass is 16.3. The number of aliphatic hydroxyl groups excluding tert-OH is 1. The molecule has 19 heavy (non-hydrogen) atoms. The van der Waals surface area contributed by atoms with E-state index < -0.39 is 0 Å². The first kappa shape index (κ1) is 15.7. The van der Waals surface area contributed by atoms with E-state index >= 15 is 0 Å². The van der Waals surface area contributed by atoms with E-state index in [0.717, 1.165) is 5.69 Å². The van der Waals surface area contributed by atoms with Crippen molar-refractivity contribution in [1.82, 2.24) is 5.32 Å². The molecular weight excluding hydrogens is 240 g/mol. The van der Waals surface area contributed by atoms with Gasteiger partial charge in [-0.3, -0.25) is 4.79 Å². The third-order valence-corrected chi connectivity index (χ3v) is 3.10. The first-order valence-electron chi connectivity index (χ1n) is 6.73. The van der Waals surface area contributed by atoms with Crippen LogP contribution in [0.25, 0.3) is 0 Å². The molecule has 0 aliphatic heterocycles. The number of aliphatic hydroxyl groups is 1. The van der Waals surface area contributed by atoms with E-state index in [0.29, 0.717) is 12.3 Å². The maximum Gasteiger partial charge on any atom is 0.238 e. The maximum atomic E-state index is 11.8. The highest BCUT2D eigenvalue weighted by Gasteiger charge is 2.13. The number of nitrogens with one attached hydrogen (secondary N) is 2. The summed E-state index contributed by atoms with van der Waals surface area (Å²) in [5.74, 6) is 0.326. The van der Waals surface area contributed by atoms with Gasteiger partial charge in [0.2, 0.25) is 5.91 Å². The molecule has 0 radical (unpaired) electrons. The van der Waals surface area contributed by atoms with E-state index in [1.165, 1.54) is 5.56 Å². The zero-order chi connectivity index (χ0) is 14.3. The Morgan fingerprint density at radius 1 is 1.26 bits per heavy atom. The second-order valence-corrected chi connectivity index (χ2v) is 5.16. The highest BCUT2D eigenvalue weighted by molar-refractivity contribution is 5.92. The van der Waals surface area contributed by atoms with Gasteiger partial charge in [-0.1, -0.05) is 31.5 Å². The van der Waals surface area contributed by atoms with Crippen molar-refractivity contribution in [3.63, 3.8) is 0 Å². The summed E-state index contributed by atoms with van der Waals surface area (Å²) in [5, 5.41) is 15.0. The smallest absolute Gasteiger partial charge is 0.238 e. The van der Waals surface area contributed by atoms with E-state index in [-0.39, 0.29) is 25.1 Å². The number of benzene rings is 1. The fraction of sp³-hybridized carbons (Fsp3) is 0.533. The molecule has 1 aromatic rings. The minimum Gasteiger partial charge on any atom is -0.396 e. The Morgan fingerprint density at radius 2 is 1.89 bits per heavy atom. The Labute approximate surface area is 115 Å². The van der Waals surface area contributed by atoms with Crippen LogP contribution in [-0.4, -0.2) is 30.2 Å². The lowest BCUT2D eigenvalue weighted by Gasteiger charge is -2.21. The monoisotopic (exact) mass is 264 g/mol. The van der Waals surface area contributed by atoms with Crippen molar-refractivity contribution in [2.45, 2.75) is 33.2 Å². The fourth-order valence-electron chi connectivity index (χ4n) is 1.88. The third-order valence-electron chi connectivity index (χ3n) is 3.10. The lowest BCUT2D eigenvalue weighted by molar-refractivity contribution is -0.115. The van der Waals surface area contributed by atoms with E-state index in [9.17, 15) is 4.79 Å². The van der Waals surface area contributed by atoms with Crippen LogP contribution >= 0.6 is 0 Å². The molecule has 0 aromatic heterocycles. The molecule has 1 amide bonds. The van der Waals surface area contributed by atoms with Gasteiger partial charge in [0.1, 0.15) is 0 Å². The maximum absolute atomic E-state index is 11.8. The van der Waals surface area contributed by atoms with Gasteiger partial charge in [-0.05, 0) is 31.4 Å². The topological polar surface area (TPSA) is 61.4 Å². The number of amides is 1. The molecule has 106 valence electrons. The number of hydrogen-bond acceptors (Lipinski definition) is 3. The Morgan fingerprint density at radius 3 is 2.42 bits per heavy atom. The van der Waals surface area contributed by atoms with Gasteiger partial charge in [0.25, 0.3) is 0 Å². The zero-order valence-electron chi connectivity index (χ0n) is 11.9. The molecule has 0 spiro atoms. The summed E-state index contributed by atoms with van der Waals surface area (Å²) >= 11 is 0. The largest absolute Gasteiger partial charge is 0.396 e. The Bertz CT molecular complexity index is 388. The summed E-state index contributed by atoms with van der Waals surface area (Å²) in [6.45, 7) is 6.55. The number of carbonyl (C=O) groups is 1. The average Bonchev–Trinajstić information content (AvgIpc) is 2.37. The molecule has 0 saturated carbocycles. The number of anilines is 1. The van der Waals surface area contributed by atoms with Gasteiger partial charge in [0.05, 0.1) is 6.54 Å². The summed E-state index contributed by atoms with van der Waals surface area (Å²) in [7, 11) is 0. The molecule has 3 N–H and O–H groups in total. The summed E-state index contributed by atoms with van der Waals surface area (Å²) < 4.78 is 0. The Balaban J connectivity index is 2.40. The molecule has 0 heterocycles. The van der Waals surface area contributed by atoms with Crippen molar-refractivity contribution >= 4 is 11.6 Å². The van der Waals surface area contributed by atoms with Crippen molar-refractivity contribution in [3.05, 3.63) is 29.8 Å². The summed E-state index contributed by atoms with van der Waals surface area (Å²) in [4.78, 5) is 11.8. The lowest BCUT2D eigenvalue weighted by atomic mass is 10.0. The summed E-state index contributed by atoms with van der Waals surface area (Å²) in [6.07, 6.45) is 0.662. The predicted molar refractivity (Wildman–Crippen MR) is 78.1 cm³/mol. The van der Waals surface area contributed by atoms with E-state index in [1.807, 2.05) is 31.2 Å². The quantitative estimate of drug-likeness (QED) is 0.705. The second-order valence-electron chi connectivity index (χ2n) is 5.16. The number of aryl methyl sites for hydroxylation is 1. The fourth-order valence-corrected chi connectivity index (χ4v) is 1.88. The minimum absolute atomic E-state index is 0.0626. The van der Waals surface area contributed by atoms with Crippen LogP contribution in [0.1, 0.15) is 25.8 Å². The summed E-state index contributed by atoms with van der Waals surface area (Å²) in [5.41, 5.74) is 1.97. The molecule has 1 rings (SSSR count). The van der Waals surface area contributed by atoms with Gasteiger partial charge in [-0.25, -0.2) is 0 Å². The van der Waals surface area contributed by atoms with E-state index in [4.69, 9.17) is 5.11 Å². The second kappa shape index (κ2) is 7.92. The van der Waals surface area contributed by atoms with Crippen molar-refractivity contribution < 1.29 is 9.90 Å². The molecule has 0 aliphatic carbocycles. The van der Waals surface area contributed by atoms with Gasteiger partial charge < -0.3 is 15.7 Å². The van der Waals surface area contributed by atoms with Crippen LogP contribution in [0.3, 0.4) is 0 Å². The van der Waals surface area contributed by atoms with Crippen molar-refractivity contribution in [3.8, 4) is 0 Å².